The van der Waals surface area contributed by atoms with E-state index in [1.165, 1.54) is 25.0 Å². The number of anilines is 1. The van der Waals surface area contributed by atoms with Crippen LogP contribution in [0.3, 0.4) is 0 Å². The highest BCUT2D eigenvalue weighted by Gasteiger charge is 2.29. The van der Waals surface area contributed by atoms with Crippen LogP contribution in [0.25, 0.3) is 22.2 Å². The number of nitrogens with one attached hydrogen (secondary N) is 1. The molecule has 1 aliphatic rings. The van der Waals surface area contributed by atoms with Crippen LogP contribution >= 0.6 is 0 Å². The van der Waals surface area contributed by atoms with Crippen LogP contribution in [0.1, 0.15) is 29.7 Å². The summed E-state index contributed by atoms with van der Waals surface area (Å²) in [4.78, 5) is 14.6. The minimum absolute atomic E-state index is 0.586. The Hall–Kier alpha value is -3.79. The van der Waals surface area contributed by atoms with Gasteiger partial charge >= 0.3 is 6.18 Å². The average molecular weight is 432 g/mol. The van der Waals surface area contributed by atoms with Crippen molar-refractivity contribution in [2.45, 2.75) is 19.0 Å². The molecular weight excluding hydrogens is 413 g/mol. The maximum atomic E-state index is 12.7. The quantitative estimate of drug-likeness (QED) is 0.417. The lowest BCUT2D eigenvalue weighted by molar-refractivity contribution is -0.137. The molecule has 1 aliphatic heterocycles. The van der Waals surface area contributed by atoms with Gasteiger partial charge in [-0.25, -0.2) is 9.97 Å². The van der Waals surface area contributed by atoms with E-state index in [0.29, 0.717) is 11.3 Å². The molecule has 0 saturated carbocycles. The Morgan fingerprint density at radius 2 is 1.62 bits per heavy atom. The molecule has 7 heteroatoms. The summed E-state index contributed by atoms with van der Waals surface area (Å²) in [6.07, 6.45) is -0.338. The number of imidazole rings is 1. The number of benzene rings is 2. The van der Waals surface area contributed by atoms with E-state index in [-0.39, 0.29) is 0 Å². The smallest absolute Gasteiger partial charge is 0.342 e. The van der Waals surface area contributed by atoms with E-state index in [0.717, 1.165) is 53.3 Å². The fourth-order valence-corrected chi connectivity index (χ4v) is 3.78. The van der Waals surface area contributed by atoms with Crippen molar-refractivity contribution in [3.63, 3.8) is 0 Å². The topological polar surface area (TPSA) is 44.8 Å². The van der Waals surface area contributed by atoms with Crippen LogP contribution in [0.2, 0.25) is 0 Å². The average Bonchev–Trinajstić information content (AvgIpc) is 3.47. The largest absolute Gasteiger partial charge is 0.416 e. The molecule has 32 heavy (non-hydrogen) atoms. The Kier molecular flexibility index (Phi) is 5.06. The summed E-state index contributed by atoms with van der Waals surface area (Å²) in [6, 6.07) is 14.5. The lowest BCUT2D eigenvalue weighted by Gasteiger charge is -2.12. The van der Waals surface area contributed by atoms with Crippen molar-refractivity contribution in [3.8, 4) is 23.0 Å². The maximum absolute atomic E-state index is 12.7. The SMILES string of the molecule is FC(F)(F)c1ccc(-c2ccc(C#Cc3ccc4nc(N5CCCC5)[nH]c4c3)nc2)cc1. The zero-order valence-corrected chi connectivity index (χ0v) is 17.1. The third-order valence-electron chi connectivity index (χ3n) is 5.52. The van der Waals surface area contributed by atoms with Crippen LogP contribution in [-0.4, -0.2) is 28.0 Å². The number of H-pyrrole nitrogens is 1. The lowest BCUT2D eigenvalue weighted by atomic mass is 10.1. The van der Waals surface area contributed by atoms with Gasteiger partial charge in [0.05, 0.1) is 16.6 Å². The number of fused-ring (bicyclic) bond motifs is 1. The first-order chi connectivity index (χ1) is 15.5. The van der Waals surface area contributed by atoms with Gasteiger partial charge in [-0.3, -0.25) is 0 Å². The molecule has 0 spiro atoms. The summed E-state index contributed by atoms with van der Waals surface area (Å²) < 4.78 is 38.2. The summed E-state index contributed by atoms with van der Waals surface area (Å²) in [6.45, 7) is 2.06. The zero-order valence-electron chi connectivity index (χ0n) is 17.1. The van der Waals surface area contributed by atoms with Gasteiger partial charge in [-0.1, -0.05) is 24.1 Å². The number of nitrogens with zero attached hydrogens (tertiary/aromatic N) is 3. The molecule has 0 atom stereocenters. The third kappa shape index (κ3) is 4.17. The molecule has 2 aromatic heterocycles. The Balaban J connectivity index is 1.32. The highest BCUT2D eigenvalue weighted by atomic mass is 19.4. The fraction of sp³-hybridized carbons (Fsp3) is 0.200. The van der Waals surface area contributed by atoms with Crippen molar-refractivity contribution in [2.24, 2.45) is 0 Å². The van der Waals surface area contributed by atoms with Gasteiger partial charge in [-0.05, 0) is 60.7 Å². The number of aromatic nitrogens is 3. The van der Waals surface area contributed by atoms with E-state index in [4.69, 9.17) is 0 Å². The molecule has 1 saturated heterocycles. The molecule has 4 aromatic rings. The molecule has 1 N–H and O–H groups in total. The van der Waals surface area contributed by atoms with Crippen molar-refractivity contribution in [1.82, 2.24) is 15.0 Å². The molecule has 0 unspecified atom stereocenters. The van der Waals surface area contributed by atoms with Crippen molar-refractivity contribution in [1.29, 1.82) is 0 Å². The van der Waals surface area contributed by atoms with Gasteiger partial charge in [-0.2, -0.15) is 13.2 Å². The van der Waals surface area contributed by atoms with E-state index in [2.05, 4.69) is 31.7 Å². The lowest BCUT2D eigenvalue weighted by Crippen LogP contribution is -2.18. The third-order valence-corrected chi connectivity index (χ3v) is 5.52. The van der Waals surface area contributed by atoms with Crippen molar-refractivity contribution in [2.75, 3.05) is 18.0 Å². The van der Waals surface area contributed by atoms with Crippen LogP contribution in [0, 0.1) is 11.8 Å². The van der Waals surface area contributed by atoms with Gasteiger partial charge in [0.2, 0.25) is 5.95 Å². The number of aromatic amines is 1. The van der Waals surface area contributed by atoms with Gasteiger partial charge in [0, 0.05) is 30.4 Å². The number of alkyl halides is 3. The molecule has 160 valence electrons. The Morgan fingerprint density at radius 3 is 2.31 bits per heavy atom. The van der Waals surface area contributed by atoms with Crippen LogP contribution in [0.15, 0.2) is 60.8 Å². The first kappa shape index (κ1) is 20.1. The van der Waals surface area contributed by atoms with Crippen LogP contribution in [0.4, 0.5) is 19.1 Å². The van der Waals surface area contributed by atoms with Gasteiger partial charge < -0.3 is 9.88 Å². The number of pyridine rings is 1. The van der Waals surface area contributed by atoms with E-state index in [1.54, 1.807) is 18.3 Å². The molecule has 4 nitrogen and oxygen atoms in total. The highest BCUT2D eigenvalue weighted by Crippen LogP contribution is 2.30. The summed E-state index contributed by atoms with van der Waals surface area (Å²) in [5.41, 5.74) is 4.03. The maximum Gasteiger partial charge on any atom is 0.416 e. The summed E-state index contributed by atoms with van der Waals surface area (Å²) in [7, 11) is 0. The highest BCUT2D eigenvalue weighted by molar-refractivity contribution is 5.79. The molecular formula is C25H19F3N4. The van der Waals surface area contributed by atoms with E-state index < -0.39 is 11.7 Å². The van der Waals surface area contributed by atoms with Crippen molar-refractivity contribution < 1.29 is 13.2 Å². The molecule has 0 amide bonds. The molecule has 2 aromatic carbocycles. The minimum atomic E-state index is -4.34. The van der Waals surface area contributed by atoms with Crippen LogP contribution in [-0.2, 0) is 6.18 Å². The van der Waals surface area contributed by atoms with Gasteiger partial charge in [0.25, 0.3) is 0 Å². The summed E-state index contributed by atoms with van der Waals surface area (Å²) in [5.74, 6) is 7.06. The second-order valence-electron chi connectivity index (χ2n) is 7.74. The standard InChI is InChI=1S/C25H19F3N4/c26-25(27,28)20-8-5-18(6-9-20)19-7-11-21(29-16-19)10-3-17-4-12-22-23(15-17)31-24(30-22)32-13-1-2-14-32/h4-9,11-12,15-16H,1-2,13-14H2,(H,30,31). The van der Waals surface area contributed by atoms with E-state index in [9.17, 15) is 13.2 Å². The number of hydrogen-bond donors (Lipinski definition) is 1. The first-order valence-corrected chi connectivity index (χ1v) is 10.4. The second-order valence-corrected chi connectivity index (χ2v) is 7.74. The summed E-state index contributed by atoms with van der Waals surface area (Å²) >= 11 is 0. The first-order valence-electron chi connectivity index (χ1n) is 10.4. The predicted molar refractivity (Wildman–Crippen MR) is 118 cm³/mol. The van der Waals surface area contributed by atoms with Crippen LogP contribution in [0.5, 0.6) is 0 Å². The monoisotopic (exact) mass is 432 g/mol. The normalized spacial score (nSPS) is 13.9. The molecule has 1 fully saturated rings. The van der Waals surface area contributed by atoms with Gasteiger partial charge in [0.15, 0.2) is 0 Å². The summed E-state index contributed by atoms with van der Waals surface area (Å²) in [5, 5.41) is 0. The molecule has 0 bridgehead atoms. The molecule has 3 heterocycles. The molecule has 5 rings (SSSR count). The minimum Gasteiger partial charge on any atom is -0.342 e. The Morgan fingerprint density at radius 1 is 0.875 bits per heavy atom. The number of halogens is 3. The molecule has 0 radical (unpaired) electrons. The fourth-order valence-electron chi connectivity index (χ4n) is 3.78. The Bertz CT molecular complexity index is 1300. The van der Waals surface area contributed by atoms with Crippen molar-refractivity contribution in [3.05, 3.63) is 77.6 Å². The van der Waals surface area contributed by atoms with Gasteiger partial charge in [0.1, 0.15) is 5.69 Å². The van der Waals surface area contributed by atoms with Gasteiger partial charge in [-0.15, -0.1) is 0 Å². The predicted octanol–water partition coefficient (Wildman–Crippen LogP) is 5.64. The van der Waals surface area contributed by atoms with Crippen molar-refractivity contribution >= 4 is 17.0 Å². The zero-order chi connectivity index (χ0) is 22.1. The Labute approximate surface area is 183 Å². The van der Waals surface area contributed by atoms with E-state index in [1.807, 2.05) is 18.2 Å². The van der Waals surface area contributed by atoms with E-state index >= 15 is 0 Å². The van der Waals surface area contributed by atoms with Crippen LogP contribution < -0.4 is 4.90 Å². The number of hydrogen-bond acceptors (Lipinski definition) is 3. The molecule has 0 aliphatic carbocycles. The second kappa shape index (κ2) is 8.04. The number of rotatable bonds is 2.